The van der Waals surface area contributed by atoms with Crippen molar-refractivity contribution in [3.05, 3.63) is 120 Å². The summed E-state index contributed by atoms with van der Waals surface area (Å²) in [5, 5.41) is 17.3. The van der Waals surface area contributed by atoms with Crippen molar-refractivity contribution in [2.24, 2.45) is 0 Å². The van der Waals surface area contributed by atoms with E-state index >= 15 is 0 Å². The van der Waals surface area contributed by atoms with E-state index in [1.807, 2.05) is 0 Å². The first-order valence-corrected chi connectivity index (χ1v) is 13.6. The number of rotatable bonds is 9. The van der Waals surface area contributed by atoms with Gasteiger partial charge in [0.15, 0.2) is 0 Å². The van der Waals surface area contributed by atoms with E-state index in [2.05, 4.69) is 121 Å². The van der Waals surface area contributed by atoms with Crippen molar-refractivity contribution in [2.45, 2.75) is 19.5 Å². The summed E-state index contributed by atoms with van der Waals surface area (Å²) < 4.78 is 0. The molecule has 32 heavy (non-hydrogen) atoms. The fraction of sp³-hybridized carbons (Fsp3) is 0.172. The summed E-state index contributed by atoms with van der Waals surface area (Å²) in [5.74, 6) is 0. The van der Waals surface area contributed by atoms with E-state index in [9.17, 15) is 5.11 Å². The molecule has 0 aliphatic carbocycles. The van der Waals surface area contributed by atoms with Crippen LogP contribution in [0.2, 0.25) is 0 Å². The molecule has 2 N–H and O–H groups in total. The molecule has 0 bridgehead atoms. The van der Waals surface area contributed by atoms with Crippen LogP contribution >= 0.6 is 7.26 Å². The molecule has 0 unspecified atom stereocenters. The van der Waals surface area contributed by atoms with Crippen molar-refractivity contribution in [1.82, 2.24) is 0 Å². The zero-order chi connectivity index (χ0) is 22.2. The maximum absolute atomic E-state index is 9.49. The van der Waals surface area contributed by atoms with Gasteiger partial charge in [0.25, 0.3) is 0 Å². The van der Waals surface area contributed by atoms with Crippen molar-refractivity contribution < 1.29 is 5.11 Å². The fourth-order valence-corrected chi connectivity index (χ4v) is 9.53. The van der Waals surface area contributed by atoms with Gasteiger partial charge in [-0.3, -0.25) is 0 Å². The molecule has 0 aliphatic heterocycles. The van der Waals surface area contributed by atoms with Gasteiger partial charge in [-0.25, -0.2) is 0 Å². The summed E-state index contributed by atoms with van der Waals surface area (Å²) in [6.07, 6.45) is 1.91. The van der Waals surface area contributed by atoms with Crippen LogP contribution in [-0.2, 0) is 12.6 Å². The van der Waals surface area contributed by atoms with E-state index < -0.39 is 7.26 Å². The van der Waals surface area contributed by atoms with Crippen LogP contribution in [0.15, 0.2) is 109 Å². The molecule has 2 nitrogen and oxygen atoms in total. The molecule has 4 aromatic rings. The van der Waals surface area contributed by atoms with Gasteiger partial charge in [0, 0.05) is 0 Å². The number of hydrogen-bond acceptors (Lipinski definition) is 2. The SMILES string of the molecule is CCc1cccc(C[PH](c2ccccc2)(c2ccccc2)c2ccccc2)c1NCCO. The second-order valence-electron chi connectivity index (χ2n) is 8.14. The number of aliphatic hydroxyl groups excluding tert-OH is 1. The van der Waals surface area contributed by atoms with E-state index in [1.165, 1.54) is 32.7 Å². The fourth-order valence-electron chi connectivity index (χ4n) is 4.76. The molecule has 0 saturated heterocycles. The van der Waals surface area contributed by atoms with Crippen molar-refractivity contribution in [3.63, 3.8) is 0 Å². The number of nitrogens with one attached hydrogen (secondary N) is 1. The molecule has 164 valence electrons. The third-order valence-corrected chi connectivity index (χ3v) is 11.2. The summed E-state index contributed by atoms with van der Waals surface area (Å²) >= 11 is 0. The Labute approximate surface area is 192 Å². The summed E-state index contributed by atoms with van der Waals surface area (Å²) in [5.41, 5.74) is 3.80. The van der Waals surface area contributed by atoms with Crippen LogP contribution < -0.4 is 21.2 Å². The summed E-state index contributed by atoms with van der Waals surface area (Å²) in [7, 11) is -2.37. The zero-order valence-corrected chi connectivity index (χ0v) is 19.7. The topological polar surface area (TPSA) is 32.3 Å². The van der Waals surface area contributed by atoms with Gasteiger partial charge in [-0.15, -0.1) is 0 Å². The molecule has 0 heterocycles. The molecule has 0 atom stereocenters. The molecule has 0 aromatic heterocycles. The second kappa shape index (κ2) is 10.6. The first-order chi connectivity index (χ1) is 15.8. The molecule has 0 saturated carbocycles. The Bertz CT molecular complexity index is 1020. The van der Waals surface area contributed by atoms with Gasteiger partial charge >= 0.3 is 192 Å². The molecule has 4 aromatic carbocycles. The Kier molecular flexibility index (Phi) is 7.37. The van der Waals surface area contributed by atoms with Crippen molar-refractivity contribution in [1.29, 1.82) is 0 Å². The van der Waals surface area contributed by atoms with E-state index in [-0.39, 0.29) is 6.61 Å². The number of benzene rings is 4. The van der Waals surface area contributed by atoms with Crippen molar-refractivity contribution >= 4 is 28.9 Å². The van der Waals surface area contributed by atoms with Gasteiger partial charge < -0.3 is 0 Å². The molecule has 0 fully saturated rings. The molecule has 3 heteroatoms. The van der Waals surface area contributed by atoms with Gasteiger partial charge in [-0.2, -0.15) is 0 Å². The molecule has 0 spiro atoms. The first-order valence-electron chi connectivity index (χ1n) is 11.4. The van der Waals surface area contributed by atoms with Crippen LogP contribution in [0.5, 0.6) is 0 Å². The molecule has 0 aliphatic rings. The van der Waals surface area contributed by atoms with Gasteiger partial charge in [0.1, 0.15) is 0 Å². The third-order valence-electron chi connectivity index (χ3n) is 6.29. The predicted octanol–water partition coefficient (Wildman–Crippen LogP) is 4.88. The Balaban J connectivity index is 1.98. The van der Waals surface area contributed by atoms with Gasteiger partial charge in [-0.1, -0.05) is 0 Å². The third kappa shape index (κ3) is 4.48. The normalized spacial score (nSPS) is 11.8. The average molecular weight is 442 g/mol. The first kappa shape index (κ1) is 22.3. The van der Waals surface area contributed by atoms with Crippen molar-refractivity contribution in [3.8, 4) is 0 Å². The summed E-state index contributed by atoms with van der Waals surface area (Å²) in [6.45, 7) is 2.87. The van der Waals surface area contributed by atoms with Crippen LogP contribution in [0.3, 0.4) is 0 Å². The Morgan fingerprint density at radius 1 is 0.625 bits per heavy atom. The Morgan fingerprint density at radius 2 is 1.09 bits per heavy atom. The van der Waals surface area contributed by atoms with E-state index in [1.54, 1.807) is 0 Å². The van der Waals surface area contributed by atoms with E-state index in [4.69, 9.17) is 0 Å². The predicted molar refractivity (Wildman–Crippen MR) is 142 cm³/mol. The Morgan fingerprint density at radius 3 is 1.53 bits per heavy atom. The summed E-state index contributed by atoms with van der Waals surface area (Å²) in [4.78, 5) is 0. The van der Waals surface area contributed by atoms with Crippen LogP contribution in [0.25, 0.3) is 0 Å². The molecular formula is C29H32NOP. The average Bonchev–Trinajstić information content (AvgIpc) is 2.87. The zero-order valence-electron chi connectivity index (χ0n) is 18.7. The number of aliphatic hydroxyl groups is 1. The Hall–Kier alpha value is -2.93. The monoisotopic (exact) mass is 441 g/mol. The second-order valence-corrected chi connectivity index (χ2v) is 12.0. The number of aryl methyl sites for hydroxylation is 1. The number of hydrogen-bond donors (Lipinski definition) is 2. The standard InChI is InChI=1S/C29H32NOP/c1-2-24-13-12-14-25(29(24)30-21-22-31)23-32(26-15-6-3-7-16-26,27-17-8-4-9-18-27)28-19-10-5-11-20-28/h3-20,30-32H,2,21-23H2,1H3. The van der Waals surface area contributed by atoms with Crippen LogP contribution in [0.1, 0.15) is 18.1 Å². The molecule has 0 amide bonds. The maximum atomic E-state index is 9.49. The van der Waals surface area contributed by atoms with E-state index in [0.29, 0.717) is 6.54 Å². The van der Waals surface area contributed by atoms with Crippen LogP contribution in [0, 0.1) is 0 Å². The molecule has 0 radical (unpaired) electrons. The minimum absolute atomic E-state index is 0.121. The van der Waals surface area contributed by atoms with Gasteiger partial charge in [0.05, 0.1) is 0 Å². The van der Waals surface area contributed by atoms with Gasteiger partial charge in [0.2, 0.25) is 0 Å². The van der Waals surface area contributed by atoms with Crippen LogP contribution in [0.4, 0.5) is 5.69 Å². The quantitative estimate of drug-likeness (QED) is 0.363. The van der Waals surface area contributed by atoms with Gasteiger partial charge in [-0.05, 0) is 0 Å². The van der Waals surface area contributed by atoms with Crippen LogP contribution in [-0.4, -0.2) is 18.3 Å². The van der Waals surface area contributed by atoms with Crippen molar-refractivity contribution in [2.75, 3.05) is 18.5 Å². The molecule has 4 rings (SSSR count). The minimum atomic E-state index is -2.37. The van der Waals surface area contributed by atoms with E-state index in [0.717, 1.165) is 12.6 Å². The summed E-state index contributed by atoms with van der Waals surface area (Å²) in [6, 6.07) is 39.7. The number of para-hydroxylation sites is 1. The number of anilines is 1. The molecular weight excluding hydrogens is 409 g/mol.